The molecule has 1 aliphatic rings. The van der Waals surface area contributed by atoms with Crippen LogP contribution in [0.25, 0.3) is 22.2 Å². The van der Waals surface area contributed by atoms with Gasteiger partial charge in [0.1, 0.15) is 5.75 Å². The highest BCUT2D eigenvalue weighted by Gasteiger charge is 2.20. The zero-order valence-corrected chi connectivity index (χ0v) is 21.4. The predicted molar refractivity (Wildman–Crippen MR) is 141 cm³/mol. The van der Waals surface area contributed by atoms with E-state index in [-0.39, 0.29) is 10.5 Å². The van der Waals surface area contributed by atoms with Gasteiger partial charge in [-0.1, -0.05) is 6.07 Å². The lowest BCUT2D eigenvalue weighted by atomic mass is 10.1. The number of aromatic nitrogens is 3. The van der Waals surface area contributed by atoms with Gasteiger partial charge in [0.25, 0.3) is 10.0 Å². The Hall–Kier alpha value is -3.78. The lowest BCUT2D eigenvalue weighted by molar-refractivity contribution is 0.145. The first-order valence-corrected chi connectivity index (χ1v) is 13.6. The summed E-state index contributed by atoms with van der Waals surface area (Å²) in [6, 6.07) is 17.1. The Labute approximate surface area is 216 Å². The molecule has 0 spiro atoms. The molecule has 0 aliphatic carbocycles. The fourth-order valence-electron chi connectivity index (χ4n) is 4.41. The zero-order chi connectivity index (χ0) is 25.8. The van der Waals surface area contributed by atoms with Gasteiger partial charge < -0.3 is 14.5 Å². The molecule has 1 fully saturated rings. The Bertz CT molecular complexity index is 1550. The lowest BCUT2D eigenvalue weighted by Crippen LogP contribution is -2.44. The van der Waals surface area contributed by atoms with Gasteiger partial charge in [-0.2, -0.15) is 22.9 Å². The second-order valence-corrected chi connectivity index (χ2v) is 10.9. The van der Waals surface area contributed by atoms with E-state index in [0.29, 0.717) is 12.3 Å². The van der Waals surface area contributed by atoms with E-state index >= 15 is 0 Å². The van der Waals surface area contributed by atoms with Gasteiger partial charge in [0.15, 0.2) is 0 Å². The third-order valence-corrected chi connectivity index (χ3v) is 8.09. The maximum atomic E-state index is 13.1. The minimum Gasteiger partial charge on any atom is -0.494 e. The summed E-state index contributed by atoms with van der Waals surface area (Å²) in [5, 5.41) is 14.3. The molecule has 0 N–H and O–H groups in total. The first-order valence-electron chi connectivity index (χ1n) is 12.2. The smallest absolute Gasteiger partial charge is 0.283 e. The van der Waals surface area contributed by atoms with Gasteiger partial charge in [0.2, 0.25) is 0 Å². The third-order valence-electron chi connectivity index (χ3n) is 6.55. The van der Waals surface area contributed by atoms with Crippen LogP contribution in [0, 0.1) is 11.3 Å². The first kappa shape index (κ1) is 24.9. The van der Waals surface area contributed by atoms with Crippen LogP contribution in [0.3, 0.4) is 0 Å². The van der Waals surface area contributed by atoms with Gasteiger partial charge in [0.05, 0.1) is 34.3 Å². The van der Waals surface area contributed by atoms with E-state index in [2.05, 4.69) is 26.9 Å². The molecular formula is C27H28N6O3S. The van der Waals surface area contributed by atoms with Gasteiger partial charge in [0, 0.05) is 56.1 Å². The molecule has 0 atom stereocenters. The van der Waals surface area contributed by atoms with Gasteiger partial charge in [-0.25, -0.2) is 0 Å². The summed E-state index contributed by atoms with van der Waals surface area (Å²) >= 11 is 0. The molecule has 1 saturated heterocycles. The van der Waals surface area contributed by atoms with Crippen LogP contribution in [-0.4, -0.2) is 78.8 Å². The molecule has 4 aromatic rings. The van der Waals surface area contributed by atoms with E-state index in [0.717, 1.165) is 65.4 Å². The Morgan fingerprint density at radius 2 is 1.89 bits per heavy atom. The molecule has 9 nitrogen and oxygen atoms in total. The van der Waals surface area contributed by atoms with E-state index in [1.54, 1.807) is 24.4 Å². The van der Waals surface area contributed by atoms with Crippen LogP contribution in [0.1, 0.15) is 12.0 Å². The summed E-state index contributed by atoms with van der Waals surface area (Å²) < 4.78 is 33.2. The van der Waals surface area contributed by atoms with Crippen molar-refractivity contribution in [2.75, 3.05) is 46.4 Å². The standard InChI is InChI=1S/C27H28N6O3S/c1-31-13-15-32(16-14-31)11-3-17-36-22-6-7-26-25(19-22)24(8-10-29-26)27-9-12-33(30-27)37(34,35)23-5-2-4-21(18-23)20-28/h2,4-10,12,18-19H,3,11,13-17H2,1H3. The SMILES string of the molecule is CN1CCN(CCCOc2ccc3nccc(-c4ccn(S(=O)(=O)c5cccc(C#N)c5)n4)c3c2)CC1. The average Bonchev–Trinajstić information content (AvgIpc) is 3.43. The Morgan fingerprint density at radius 3 is 2.70 bits per heavy atom. The number of benzene rings is 2. The molecule has 0 radical (unpaired) electrons. The summed E-state index contributed by atoms with van der Waals surface area (Å²) in [5.74, 6) is 0.737. The summed E-state index contributed by atoms with van der Waals surface area (Å²) in [7, 11) is -1.79. The van der Waals surface area contributed by atoms with E-state index in [1.807, 2.05) is 30.3 Å². The Balaban J connectivity index is 1.33. The number of hydrogen-bond acceptors (Lipinski definition) is 8. The third kappa shape index (κ3) is 5.49. The second-order valence-electron chi connectivity index (χ2n) is 9.10. The van der Waals surface area contributed by atoms with Crippen molar-refractivity contribution < 1.29 is 13.2 Å². The molecule has 0 unspecified atom stereocenters. The number of pyridine rings is 1. The van der Waals surface area contributed by atoms with Gasteiger partial charge >= 0.3 is 0 Å². The molecule has 37 heavy (non-hydrogen) atoms. The summed E-state index contributed by atoms with van der Waals surface area (Å²) in [6.45, 7) is 6.01. The first-order chi connectivity index (χ1) is 17.9. The average molecular weight is 517 g/mol. The van der Waals surface area contributed by atoms with Crippen LogP contribution in [-0.2, 0) is 10.0 Å². The quantitative estimate of drug-likeness (QED) is 0.329. The van der Waals surface area contributed by atoms with Crippen molar-refractivity contribution in [2.45, 2.75) is 11.3 Å². The maximum absolute atomic E-state index is 13.1. The summed E-state index contributed by atoms with van der Waals surface area (Å²) in [5.41, 5.74) is 2.29. The fourth-order valence-corrected chi connectivity index (χ4v) is 5.57. The highest BCUT2D eigenvalue weighted by molar-refractivity contribution is 7.89. The van der Waals surface area contributed by atoms with Crippen LogP contribution in [0.2, 0.25) is 0 Å². The number of piperazine rings is 1. The number of hydrogen-bond donors (Lipinski definition) is 0. The largest absolute Gasteiger partial charge is 0.494 e. The van der Waals surface area contributed by atoms with Crippen molar-refractivity contribution in [3.8, 4) is 23.1 Å². The molecule has 5 rings (SSSR count). The number of rotatable bonds is 8. The summed E-state index contributed by atoms with van der Waals surface area (Å²) in [6.07, 6.45) is 4.03. The van der Waals surface area contributed by atoms with Crippen LogP contribution in [0.5, 0.6) is 5.75 Å². The highest BCUT2D eigenvalue weighted by Crippen LogP contribution is 2.30. The van der Waals surface area contributed by atoms with Crippen molar-refractivity contribution >= 4 is 20.9 Å². The zero-order valence-electron chi connectivity index (χ0n) is 20.6. The van der Waals surface area contributed by atoms with Crippen molar-refractivity contribution in [3.63, 3.8) is 0 Å². The number of nitrogens with zero attached hydrogens (tertiary/aromatic N) is 6. The van der Waals surface area contributed by atoms with Crippen LogP contribution >= 0.6 is 0 Å². The van der Waals surface area contributed by atoms with E-state index in [9.17, 15) is 8.42 Å². The van der Waals surface area contributed by atoms with Gasteiger partial charge in [-0.15, -0.1) is 0 Å². The second kappa shape index (κ2) is 10.7. The minimum absolute atomic E-state index is 0.00745. The van der Waals surface area contributed by atoms with E-state index < -0.39 is 10.0 Å². The minimum atomic E-state index is -3.94. The van der Waals surface area contributed by atoms with Gasteiger partial charge in [-0.05, 0) is 62.0 Å². The van der Waals surface area contributed by atoms with E-state index in [1.165, 1.54) is 18.3 Å². The van der Waals surface area contributed by atoms with Crippen molar-refractivity contribution in [1.29, 1.82) is 5.26 Å². The normalized spacial score (nSPS) is 15.0. The van der Waals surface area contributed by atoms with E-state index in [4.69, 9.17) is 10.00 Å². The van der Waals surface area contributed by atoms with Gasteiger partial charge in [-0.3, -0.25) is 4.98 Å². The number of nitriles is 1. The van der Waals surface area contributed by atoms with Crippen LogP contribution < -0.4 is 4.74 Å². The van der Waals surface area contributed by atoms with Crippen molar-refractivity contribution in [1.82, 2.24) is 24.0 Å². The van der Waals surface area contributed by atoms with Crippen LogP contribution in [0.4, 0.5) is 0 Å². The maximum Gasteiger partial charge on any atom is 0.283 e. The molecule has 0 amide bonds. The molecule has 0 saturated carbocycles. The monoisotopic (exact) mass is 516 g/mol. The van der Waals surface area contributed by atoms with Crippen molar-refractivity contribution in [3.05, 3.63) is 72.6 Å². The highest BCUT2D eigenvalue weighted by atomic mass is 32.2. The summed E-state index contributed by atoms with van der Waals surface area (Å²) in [4.78, 5) is 9.26. The molecule has 2 aromatic carbocycles. The number of fused-ring (bicyclic) bond motifs is 1. The molecular weight excluding hydrogens is 488 g/mol. The molecule has 1 aliphatic heterocycles. The lowest BCUT2D eigenvalue weighted by Gasteiger charge is -2.32. The topological polar surface area (TPSA) is 104 Å². The van der Waals surface area contributed by atoms with Crippen molar-refractivity contribution in [2.24, 2.45) is 0 Å². The molecule has 0 bridgehead atoms. The molecule has 2 aromatic heterocycles. The van der Waals surface area contributed by atoms with Crippen LogP contribution in [0.15, 0.2) is 71.9 Å². The molecule has 3 heterocycles. The fraction of sp³-hybridized carbons (Fsp3) is 0.296. The Morgan fingerprint density at radius 1 is 1.05 bits per heavy atom. The number of ether oxygens (including phenoxy) is 1. The molecule has 10 heteroatoms. The molecule has 190 valence electrons. The predicted octanol–water partition coefficient (Wildman–Crippen LogP) is 3.22. The number of likely N-dealkylation sites (N-methyl/N-ethyl adjacent to an activating group) is 1. The Kier molecular flexibility index (Phi) is 7.19.